The van der Waals surface area contributed by atoms with Crippen molar-refractivity contribution in [1.29, 1.82) is 0 Å². The van der Waals surface area contributed by atoms with Gasteiger partial charge >= 0.3 is 0 Å². The third-order valence-corrected chi connectivity index (χ3v) is 9.57. The summed E-state index contributed by atoms with van der Waals surface area (Å²) in [5.74, 6) is 1.15. The predicted molar refractivity (Wildman–Crippen MR) is 189 cm³/mol. The monoisotopic (exact) mass is 605 g/mol. The molecule has 0 aromatic carbocycles. The average molecular weight is 605 g/mol. The van der Waals surface area contributed by atoms with E-state index in [0.29, 0.717) is 13.0 Å². The fraction of sp³-hybridized carbons (Fsp3) is 0.949. The predicted octanol–water partition coefficient (Wildman–Crippen LogP) is 11.8. The van der Waals surface area contributed by atoms with Crippen LogP contribution in [0.25, 0.3) is 0 Å². The zero-order valence-corrected chi connectivity index (χ0v) is 29.4. The number of aliphatic hydroxyl groups is 1. The van der Waals surface area contributed by atoms with Crippen molar-refractivity contribution in [2.75, 3.05) is 19.6 Å². The van der Waals surface area contributed by atoms with E-state index >= 15 is 0 Å². The Morgan fingerprint density at radius 2 is 0.930 bits per heavy atom. The highest BCUT2D eigenvalue weighted by atomic mass is 16.3. The maximum atomic E-state index is 12.6. The van der Waals surface area contributed by atoms with Crippen LogP contribution in [0.3, 0.4) is 0 Å². The molecule has 1 rings (SSSR count). The lowest BCUT2D eigenvalue weighted by molar-refractivity contribution is -0.127. The molecule has 0 aliphatic carbocycles. The van der Waals surface area contributed by atoms with Crippen LogP contribution in [0.15, 0.2) is 4.99 Å². The molecule has 0 saturated carbocycles. The van der Waals surface area contributed by atoms with Gasteiger partial charge in [0.25, 0.3) is 0 Å². The maximum absolute atomic E-state index is 12.6. The zero-order chi connectivity index (χ0) is 31.1. The van der Waals surface area contributed by atoms with Crippen molar-refractivity contribution >= 4 is 11.6 Å². The summed E-state index contributed by atoms with van der Waals surface area (Å²) in [5.41, 5.74) is 0. The Balaban J connectivity index is 1.92. The van der Waals surface area contributed by atoms with Gasteiger partial charge in [0.1, 0.15) is 6.10 Å². The van der Waals surface area contributed by atoms with Gasteiger partial charge in [0.2, 0.25) is 0 Å². The molecule has 43 heavy (non-hydrogen) atoms. The summed E-state index contributed by atoms with van der Waals surface area (Å²) >= 11 is 0. The number of aliphatic imine (C=N–C) groups is 1. The first kappa shape index (κ1) is 40.1. The number of hydrogen-bond acceptors (Lipinski definition) is 4. The number of ketones is 1. The van der Waals surface area contributed by atoms with E-state index in [9.17, 15) is 9.90 Å². The molecule has 0 radical (unpaired) electrons. The van der Waals surface area contributed by atoms with E-state index in [0.717, 1.165) is 38.2 Å². The van der Waals surface area contributed by atoms with Gasteiger partial charge in [-0.05, 0) is 12.8 Å². The summed E-state index contributed by atoms with van der Waals surface area (Å²) in [6, 6.07) is 0. The SMILES string of the molecule is CCCCCCCCCCCCCCCCCC(=O)C(O)CN1CCN=C1CCCCCCCCCCCCCCCC. The van der Waals surface area contributed by atoms with Gasteiger partial charge < -0.3 is 10.0 Å². The Morgan fingerprint density at radius 3 is 1.33 bits per heavy atom. The van der Waals surface area contributed by atoms with Crippen molar-refractivity contribution in [1.82, 2.24) is 4.90 Å². The van der Waals surface area contributed by atoms with Crippen LogP contribution in [0, 0.1) is 0 Å². The maximum Gasteiger partial charge on any atom is 0.163 e. The molecule has 0 aromatic heterocycles. The van der Waals surface area contributed by atoms with Crippen LogP contribution in [0.2, 0.25) is 0 Å². The first-order valence-electron chi connectivity index (χ1n) is 19.7. The fourth-order valence-corrected chi connectivity index (χ4v) is 6.59. The molecule has 1 unspecified atom stereocenters. The van der Waals surface area contributed by atoms with Gasteiger partial charge in [0.05, 0.1) is 18.9 Å². The van der Waals surface area contributed by atoms with E-state index in [4.69, 9.17) is 4.99 Å². The van der Waals surface area contributed by atoms with E-state index < -0.39 is 6.10 Å². The van der Waals surface area contributed by atoms with E-state index in [1.165, 1.54) is 173 Å². The van der Waals surface area contributed by atoms with Crippen LogP contribution >= 0.6 is 0 Å². The highest BCUT2D eigenvalue weighted by molar-refractivity contribution is 5.86. The number of Topliss-reactive ketones (excluding diaryl/α,β-unsaturated/α-hetero) is 1. The molecular formula is C39H76N2O2. The second-order valence-corrected chi connectivity index (χ2v) is 13.8. The summed E-state index contributed by atoms with van der Waals surface area (Å²) in [6.45, 7) is 6.68. The van der Waals surface area contributed by atoms with Crippen molar-refractivity contribution in [3.05, 3.63) is 0 Å². The fourth-order valence-electron chi connectivity index (χ4n) is 6.59. The number of carbonyl (C=O) groups excluding carboxylic acids is 1. The number of unbranched alkanes of at least 4 members (excludes halogenated alkanes) is 27. The van der Waals surface area contributed by atoms with Crippen LogP contribution in [-0.4, -0.2) is 47.4 Å². The standard InChI is InChI=1S/C39H76N2O2/c1-3-5-7-9-11-13-15-17-19-20-22-24-26-28-30-32-37(42)38(43)36-41-35-34-40-39(41)33-31-29-27-25-23-21-18-16-14-12-10-8-6-4-2/h38,43H,3-36H2,1-2H3. The van der Waals surface area contributed by atoms with Crippen molar-refractivity contribution in [3.63, 3.8) is 0 Å². The van der Waals surface area contributed by atoms with E-state index in [1.807, 2.05) is 0 Å². The Morgan fingerprint density at radius 1 is 0.581 bits per heavy atom. The van der Waals surface area contributed by atoms with Gasteiger partial charge in [0, 0.05) is 19.4 Å². The lowest BCUT2D eigenvalue weighted by Gasteiger charge is -2.23. The lowest BCUT2D eigenvalue weighted by atomic mass is 10.0. The minimum Gasteiger partial charge on any atom is -0.383 e. The molecule has 1 N–H and O–H groups in total. The number of hydrogen-bond donors (Lipinski definition) is 1. The minimum absolute atomic E-state index is 0.0254. The first-order chi connectivity index (χ1) is 21.2. The molecule has 4 nitrogen and oxygen atoms in total. The molecule has 0 saturated heterocycles. The number of β-amino-alcohol motifs (C(OH)–C–C–N with tert-alkyl or cyclic N) is 1. The summed E-state index contributed by atoms with van der Waals surface area (Å²) in [6.07, 6.45) is 39.9. The molecule has 0 aromatic rings. The molecule has 1 heterocycles. The molecule has 254 valence electrons. The Kier molecular flexibility index (Phi) is 29.0. The number of aliphatic hydroxyl groups excluding tert-OH is 1. The van der Waals surface area contributed by atoms with Gasteiger partial charge in [-0.3, -0.25) is 9.79 Å². The van der Waals surface area contributed by atoms with Crippen molar-refractivity contribution in [2.45, 2.75) is 219 Å². The van der Waals surface area contributed by atoms with Gasteiger partial charge in [0.15, 0.2) is 5.78 Å². The first-order valence-corrected chi connectivity index (χ1v) is 19.7. The third kappa shape index (κ3) is 25.0. The Hall–Kier alpha value is -0.900. The molecular weight excluding hydrogens is 528 g/mol. The summed E-state index contributed by atoms with van der Waals surface area (Å²) in [4.78, 5) is 19.4. The van der Waals surface area contributed by atoms with Gasteiger partial charge in [-0.1, -0.05) is 187 Å². The van der Waals surface area contributed by atoms with Gasteiger partial charge in [-0.15, -0.1) is 0 Å². The summed E-state index contributed by atoms with van der Waals surface area (Å²) in [5, 5.41) is 10.6. The zero-order valence-electron chi connectivity index (χ0n) is 29.4. The molecule has 1 aliphatic heterocycles. The number of carbonyl (C=O) groups is 1. The van der Waals surface area contributed by atoms with Gasteiger partial charge in [-0.2, -0.15) is 0 Å². The largest absolute Gasteiger partial charge is 0.383 e. The molecule has 0 fully saturated rings. The third-order valence-electron chi connectivity index (χ3n) is 9.57. The Labute approximate surface area is 269 Å². The van der Waals surface area contributed by atoms with Crippen LogP contribution in [0.5, 0.6) is 0 Å². The molecule has 1 aliphatic rings. The molecule has 1 atom stereocenters. The van der Waals surface area contributed by atoms with E-state index in [-0.39, 0.29) is 5.78 Å². The second-order valence-electron chi connectivity index (χ2n) is 13.8. The average Bonchev–Trinajstić information content (AvgIpc) is 3.45. The number of rotatable bonds is 34. The topological polar surface area (TPSA) is 52.9 Å². The quantitative estimate of drug-likeness (QED) is 0.0743. The van der Waals surface area contributed by atoms with E-state index in [2.05, 4.69) is 18.7 Å². The van der Waals surface area contributed by atoms with Crippen LogP contribution in [-0.2, 0) is 4.79 Å². The normalized spacial score (nSPS) is 14.0. The highest BCUT2D eigenvalue weighted by Gasteiger charge is 2.23. The summed E-state index contributed by atoms with van der Waals surface area (Å²) in [7, 11) is 0. The lowest BCUT2D eigenvalue weighted by Crippen LogP contribution is -2.39. The Bertz CT molecular complexity index is 635. The van der Waals surface area contributed by atoms with Crippen molar-refractivity contribution in [2.24, 2.45) is 4.99 Å². The molecule has 4 heteroatoms. The van der Waals surface area contributed by atoms with Crippen LogP contribution < -0.4 is 0 Å². The molecule has 0 spiro atoms. The smallest absolute Gasteiger partial charge is 0.163 e. The number of amidine groups is 1. The van der Waals surface area contributed by atoms with Crippen molar-refractivity contribution < 1.29 is 9.90 Å². The molecule has 0 amide bonds. The summed E-state index contributed by atoms with van der Waals surface area (Å²) < 4.78 is 0. The highest BCUT2D eigenvalue weighted by Crippen LogP contribution is 2.17. The van der Waals surface area contributed by atoms with Crippen molar-refractivity contribution in [3.8, 4) is 0 Å². The minimum atomic E-state index is -0.855. The second kappa shape index (κ2) is 31.1. The molecule has 0 bridgehead atoms. The van der Waals surface area contributed by atoms with Gasteiger partial charge in [-0.25, -0.2) is 0 Å². The number of nitrogens with zero attached hydrogens (tertiary/aromatic N) is 2. The van der Waals surface area contributed by atoms with Crippen LogP contribution in [0.4, 0.5) is 0 Å². The van der Waals surface area contributed by atoms with E-state index in [1.54, 1.807) is 0 Å². The van der Waals surface area contributed by atoms with Crippen LogP contribution in [0.1, 0.15) is 213 Å².